The maximum atomic E-state index is 12.2. The van der Waals surface area contributed by atoms with Crippen LogP contribution in [0.4, 0.5) is 5.82 Å². The molecule has 1 saturated heterocycles. The molecule has 0 unspecified atom stereocenters. The lowest BCUT2D eigenvalue weighted by atomic mass is 10.0. The quantitative estimate of drug-likeness (QED) is 0.376. The number of anilines is 1. The number of nitrogens with zero attached hydrogens (tertiary/aromatic N) is 6. The molecule has 176 valence electrons. The summed E-state index contributed by atoms with van der Waals surface area (Å²) in [5, 5.41) is 15.6. The molecule has 0 radical (unpaired) electrons. The van der Waals surface area contributed by atoms with Crippen LogP contribution in [-0.2, 0) is 11.3 Å². The van der Waals surface area contributed by atoms with Crippen molar-refractivity contribution in [3.05, 3.63) is 54.6 Å². The third-order valence-corrected chi connectivity index (χ3v) is 5.98. The molecule has 1 atom stereocenters. The molecule has 0 aliphatic carbocycles. The molecular formula is C25H24N8O2. The molecule has 5 rings (SSSR count). The van der Waals surface area contributed by atoms with Crippen molar-refractivity contribution in [1.82, 2.24) is 29.6 Å². The van der Waals surface area contributed by atoms with E-state index in [0.717, 1.165) is 11.1 Å². The molecule has 0 spiro atoms. The maximum absolute atomic E-state index is 12.2. The number of likely N-dealkylation sites (N-methyl/N-ethyl adjacent to an activating group) is 1. The SMILES string of the molecule is CN1CC[C@@](O)(C#Cc2cccc(-c3nc(N)c4c(-c5cnn(CCN)c5)cncc4n3)c2)C1=O. The highest BCUT2D eigenvalue weighted by molar-refractivity contribution is 6.01. The van der Waals surface area contributed by atoms with Gasteiger partial charge in [0.2, 0.25) is 5.60 Å². The first kappa shape index (κ1) is 22.5. The third kappa shape index (κ3) is 4.19. The van der Waals surface area contributed by atoms with E-state index >= 15 is 0 Å². The standard InChI is InChI=1S/C25H24N8O2/c1-32-9-7-25(35,24(32)34)6-5-16-3-2-4-17(11-16)23-30-20-14-28-13-19(21(20)22(27)31-23)18-12-29-33(15-18)10-8-26/h2-4,11-15,35H,7-10,26H2,1H3,(H2,27,30,31)/t25-/m0/s1. The average molecular weight is 469 g/mol. The van der Waals surface area contributed by atoms with Crippen LogP contribution in [0, 0.1) is 11.8 Å². The van der Waals surface area contributed by atoms with Gasteiger partial charge in [-0.15, -0.1) is 0 Å². The van der Waals surface area contributed by atoms with Crippen LogP contribution in [0.3, 0.4) is 0 Å². The van der Waals surface area contributed by atoms with E-state index in [9.17, 15) is 9.90 Å². The van der Waals surface area contributed by atoms with E-state index in [1.807, 2.05) is 18.3 Å². The summed E-state index contributed by atoms with van der Waals surface area (Å²) in [6.07, 6.45) is 7.27. The summed E-state index contributed by atoms with van der Waals surface area (Å²) in [4.78, 5) is 27.2. The molecule has 1 aliphatic rings. The fourth-order valence-electron chi connectivity index (χ4n) is 4.10. The Labute approximate surface area is 201 Å². The zero-order chi connectivity index (χ0) is 24.6. The highest BCUT2D eigenvalue weighted by Gasteiger charge is 2.42. The van der Waals surface area contributed by atoms with Crippen LogP contribution in [0.25, 0.3) is 33.4 Å². The number of aromatic nitrogens is 5. The maximum Gasteiger partial charge on any atom is 0.267 e. The van der Waals surface area contributed by atoms with Gasteiger partial charge in [0.25, 0.3) is 5.91 Å². The molecule has 0 saturated carbocycles. The van der Waals surface area contributed by atoms with Gasteiger partial charge in [-0.2, -0.15) is 5.10 Å². The second-order valence-electron chi connectivity index (χ2n) is 8.46. The third-order valence-electron chi connectivity index (χ3n) is 5.98. The Kier molecular flexibility index (Phi) is 5.64. The average Bonchev–Trinajstić information content (AvgIpc) is 3.43. The van der Waals surface area contributed by atoms with Gasteiger partial charge in [0.1, 0.15) is 5.82 Å². The number of carbonyl (C=O) groups is 1. The molecule has 4 aromatic rings. The molecule has 1 amide bonds. The minimum atomic E-state index is -1.66. The van der Waals surface area contributed by atoms with Crippen molar-refractivity contribution in [2.24, 2.45) is 5.73 Å². The lowest BCUT2D eigenvalue weighted by Crippen LogP contribution is -2.37. The van der Waals surface area contributed by atoms with Crippen molar-refractivity contribution >= 4 is 22.6 Å². The van der Waals surface area contributed by atoms with Gasteiger partial charge >= 0.3 is 0 Å². The van der Waals surface area contributed by atoms with E-state index in [4.69, 9.17) is 16.5 Å². The second-order valence-corrected chi connectivity index (χ2v) is 8.46. The van der Waals surface area contributed by atoms with E-state index in [0.29, 0.717) is 53.3 Å². The summed E-state index contributed by atoms with van der Waals surface area (Å²) >= 11 is 0. The number of aliphatic hydroxyl groups is 1. The smallest absolute Gasteiger partial charge is 0.267 e. The van der Waals surface area contributed by atoms with Gasteiger partial charge in [-0.1, -0.05) is 24.0 Å². The Hall–Kier alpha value is -4.33. The van der Waals surface area contributed by atoms with E-state index in [1.165, 1.54) is 4.90 Å². The number of carbonyl (C=O) groups excluding carboxylic acids is 1. The van der Waals surface area contributed by atoms with Crippen LogP contribution in [0.2, 0.25) is 0 Å². The van der Waals surface area contributed by atoms with E-state index in [-0.39, 0.29) is 12.3 Å². The van der Waals surface area contributed by atoms with E-state index in [2.05, 4.69) is 26.9 Å². The number of pyridine rings is 1. The minimum Gasteiger partial charge on any atom is -0.383 e. The first-order valence-electron chi connectivity index (χ1n) is 11.1. The van der Waals surface area contributed by atoms with Crippen molar-refractivity contribution < 1.29 is 9.90 Å². The van der Waals surface area contributed by atoms with Gasteiger partial charge in [0, 0.05) is 61.2 Å². The number of nitrogen functional groups attached to an aromatic ring is 1. The summed E-state index contributed by atoms with van der Waals surface area (Å²) in [6, 6.07) is 7.26. The van der Waals surface area contributed by atoms with Gasteiger partial charge in [-0.05, 0) is 12.1 Å². The largest absolute Gasteiger partial charge is 0.383 e. The van der Waals surface area contributed by atoms with Crippen LogP contribution >= 0.6 is 0 Å². The van der Waals surface area contributed by atoms with Crippen molar-refractivity contribution in [2.75, 3.05) is 25.9 Å². The summed E-state index contributed by atoms with van der Waals surface area (Å²) in [6.45, 7) is 1.56. The monoisotopic (exact) mass is 468 g/mol. The lowest BCUT2D eigenvalue weighted by Gasteiger charge is -2.13. The zero-order valence-corrected chi connectivity index (χ0v) is 19.1. The molecule has 1 aliphatic heterocycles. The summed E-state index contributed by atoms with van der Waals surface area (Å²) < 4.78 is 1.76. The summed E-state index contributed by atoms with van der Waals surface area (Å²) in [5.74, 6) is 6.01. The minimum absolute atomic E-state index is 0.278. The number of rotatable bonds is 4. The molecule has 10 heteroatoms. The van der Waals surface area contributed by atoms with E-state index in [1.54, 1.807) is 42.5 Å². The number of nitrogens with two attached hydrogens (primary N) is 2. The lowest BCUT2D eigenvalue weighted by molar-refractivity contribution is -0.137. The molecule has 35 heavy (non-hydrogen) atoms. The highest BCUT2D eigenvalue weighted by Crippen LogP contribution is 2.31. The van der Waals surface area contributed by atoms with Gasteiger partial charge < -0.3 is 21.5 Å². The molecular weight excluding hydrogens is 444 g/mol. The number of likely N-dealkylation sites (tertiary alicyclic amines) is 1. The number of amides is 1. The predicted molar refractivity (Wildman–Crippen MR) is 132 cm³/mol. The van der Waals surface area contributed by atoms with Crippen LogP contribution < -0.4 is 11.5 Å². The second kappa shape index (κ2) is 8.79. The number of benzene rings is 1. The molecule has 1 aromatic carbocycles. The van der Waals surface area contributed by atoms with Crippen molar-refractivity contribution in [2.45, 2.75) is 18.6 Å². The first-order chi connectivity index (χ1) is 16.9. The van der Waals surface area contributed by atoms with Crippen LogP contribution in [0.1, 0.15) is 12.0 Å². The van der Waals surface area contributed by atoms with Crippen LogP contribution in [0.5, 0.6) is 0 Å². The fourth-order valence-corrected chi connectivity index (χ4v) is 4.10. The fraction of sp³-hybridized carbons (Fsp3) is 0.240. The van der Waals surface area contributed by atoms with E-state index < -0.39 is 5.60 Å². The molecule has 0 bridgehead atoms. The normalized spacial score (nSPS) is 17.6. The number of hydrogen-bond donors (Lipinski definition) is 3. The molecule has 4 heterocycles. The highest BCUT2D eigenvalue weighted by atomic mass is 16.3. The number of hydrogen-bond acceptors (Lipinski definition) is 8. The molecule has 10 nitrogen and oxygen atoms in total. The predicted octanol–water partition coefficient (Wildman–Crippen LogP) is 1.04. The zero-order valence-electron chi connectivity index (χ0n) is 19.1. The van der Waals surface area contributed by atoms with Crippen molar-refractivity contribution in [3.63, 3.8) is 0 Å². The Bertz CT molecular complexity index is 1500. The number of fused-ring (bicyclic) bond motifs is 1. The molecule has 1 fully saturated rings. The molecule has 5 N–H and O–H groups in total. The Morgan fingerprint density at radius 3 is 2.83 bits per heavy atom. The van der Waals surface area contributed by atoms with Crippen molar-refractivity contribution in [3.8, 4) is 34.4 Å². The topological polar surface area (TPSA) is 149 Å². The van der Waals surface area contributed by atoms with Gasteiger partial charge in [0.15, 0.2) is 5.82 Å². The summed E-state index contributed by atoms with van der Waals surface area (Å²) in [7, 11) is 1.65. The Morgan fingerprint density at radius 1 is 1.20 bits per heavy atom. The van der Waals surface area contributed by atoms with Crippen molar-refractivity contribution in [1.29, 1.82) is 0 Å². The van der Waals surface area contributed by atoms with Gasteiger partial charge in [0.05, 0.1) is 29.8 Å². The Balaban J connectivity index is 1.51. The summed E-state index contributed by atoms with van der Waals surface area (Å²) in [5.41, 5.74) is 13.9. The molecule has 3 aromatic heterocycles. The van der Waals surface area contributed by atoms with Crippen LogP contribution in [-0.4, -0.2) is 66.4 Å². The van der Waals surface area contributed by atoms with Crippen LogP contribution in [0.15, 0.2) is 49.1 Å². The Morgan fingerprint density at radius 2 is 2.06 bits per heavy atom. The van der Waals surface area contributed by atoms with Gasteiger partial charge in [-0.3, -0.25) is 14.5 Å². The van der Waals surface area contributed by atoms with Gasteiger partial charge in [-0.25, -0.2) is 9.97 Å². The first-order valence-corrected chi connectivity index (χ1v) is 11.1.